The summed E-state index contributed by atoms with van der Waals surface area (Å²) in [5.74, 6) is 0.561. The molecular weight excluding hydrogens is 210 g/mol. The van der Waals surface area contributed by atoms with Crippen molar-refractivity contribution >= 4 is 29.0 Å². The van der Waals surface area contributed by atoms with Gasteiger partial charge in [0.2, 0.25) is 5.91 Å². The Hall–Kier alpha value is -1.20. The molecule has 0 fully saturated rings. The fourth-order valence-electron chi connectivity index (χ4n) is 1.41. The highest BCUT2D eigenvalue weighted by molar-refractivity contribution is 8.00. The summed E-state index contributed by atoms with van der Waals surface area (Å²) in [5, 5.41) is 6.02. The topological polar surface area (TPSA) is 67.2 Å². The van der Waals surface area contributed by atoms with Crippen LogP contribution in [0.5, 0.6) is 0 Å². The summed E-state index contributed by atoms with van der Waals surface area (Å²) in [4.78, 5) is 12.3. The molecule has 0 radical (unpaired) electrons. The Morgan fingerprint density at radius 2 is 2.40 bits per heavy atom. The summed E-state index contributed by atoms with van der Waals surface area (Å²) in [6, 6.07) is 5.95. The van der Waals surface area contributed by atoms with Gasteiger partial charge in [0.1, 0.15) is 0 Å². The van der Waals surface area contributed by atoms with Crippen molar-refractivity contribution in [2.24, 2.45) is 5.73 Å². The number of rotatable bonds is 3. The molecule has 4 nitrogen and oxygen atoms in total. The number of nitrogens with two attached hydrogens (primary N) is 1. The molecular formula is C10H13N3OS. The van der Waals surface area contributed by atoms with Crippen LogP contribution in [0.2, 0.25) is 0 Å². The first-order valence-corrected chi connectivity index (χ1v) is 5.79. The third kappa shape index (κ3) is 2.43. The van der Waals surface area contributed by atoms with Crippen LogP contribution in [0.15, 0.2) is 23.1 Å². The highest BCUT2D eigenvalue weighted by atomic mass is 32.2. The van der Waals surface area contributed by atoms with Gasteiger partial charge < -0.3 is 16.4 Å². The molecule has 0 unspecified atom stereocenters. The van der Waals surface area contributed by atoms with E-state index in [1.54, 1.807) is 11.8 Å². The summed E-state index contributed by atoms with van der Waals surface area (Å²) >= 11 is 1.56. The first-order chi connectivity index (χ1) is 7.29. The van der Waals surface area contributed by atoms with E-state index in [-0.39, 0.29) is 5.91 Å². The molecule has 15 heavy (non-hydrogen) atoms. The molecule has 1 aromatic rings. The van der Waals surface area contributed by atoms with Crippen molar-refractivity contribution in [3.05, 3.63) is 18.2 Å². The van der Waals surface area contributed by atoms with Gasteiger partial charge in [-0.15, -0.1) is 11.8 Å². The van der Waals surface area contributed by atoms with Gasteiger partial charge in [0.25, 0.3) is 0 Å². The van der Waals surface area contributed by atoms with E-state index in [1.165, 1.54) is 0 Å². The standard InChI is InChI=1S/C10H13N3OS/c11-3-4-12-7-1-2-9-8(5-7)13-10(14)6-15-9/h1-2,5,12H,3-4,6,11H2,(H,13,14). The van der Waals surface area contributed by atoms with E-state index in [9.17, 15) is 4.79 Å². The Morgan fingerprint density at radius 3 is 3.20 bits per heavy atom. The Morgan fingerprint density at radius 1 is 1.53 bits per heavy atom. The van der Waals surface area contributed by atoms with Crippen LogP contribution in [-0.4, -0.2) is 24.7 Å². The number of hydrogen-bond acceptors (Lipinski definition) is 4. The first-order valence-electron chi connectivity index (χ1n) is 4.80. The smallest absolute Gasteiger partial charge is 0.234 e. The van der Waals surface area contributed by atoms with E-state index in [0.717, 1.165) is 22.8 Å². The highest BCUT2D eigenvalue weighted by Crippen LogP contribution is 2.33. The molecule has 1 heterocycles. The van der Waals surface area contributed by atoms with Gasteiger partial charge in [-0.05, 0) is 18.2 Å². The molecule has 1 aliphatic heterocycles. The Bertz CT molecular complexity index is 381. The van der Waals surface area contributed by atoms with Gasteiger partial charge in [0.05, 0.1) is 11.4 Å². The summed E-state index contributed by atoms with van der Waals surface area (Å²) in [5.41, 5.74) is 7.28. The lowest BCUT2D eigenvalue weighted by Crippen LogP contribution is -2.19. The van der Waals surface area contributed by atoms with Crippen LogP contribution in [0.1, 0.15) is 0 Å². The Balaban J connectivity index is 2.17. The number of thioether (sulfide) groups is 1. The van der Waals surface area contributed by atoms with E-state index < -0.39 is 0 Å². The van der Waals surface area contributed by atoms with Crippen LogP contribution >= 0.6 is 11.8 Å². The number of benzene rings is 1. The van der Waals surface area contributed by atoms with Gasteiger partial charge in [-0.3, -0.25) is 4.79 Å². The fraction of sp³-hybridized carbons (Fsp3) is 0.300. The van der Waals surface area contributed by atoms with Crippen molar-refractivity contribution in [2.45, 2.75) is 4.90 Å². The monoisotopic (exact) mass is 223 g/mol. The van der Waals surface area contributed by atoms with Crippen LogP contribution < -0.4 is 16.4 Å². The van der Waals surface area contributed by atoms with Gasteiger partial charge >= 0.3 is 0 Å². The second kappa shape index (κ2) is 4.55. The van der Waals surface area contributed by atoms with E-state index in [0.29, 0.717) is 12.3 Å². The van der Waals surface area contributed by atoms with Gasteiger partial charge in [-0.2, -0.15) is 0 Å². The van der Waals surface area contributed by atoms with Crippen LogP contribution in [-0.2, 0) is 4.79 Å². The maximum Gasteiger partial charge on any atom is 0.234 e. The predicted molar refractivity (Wildman–Crippen MR) is 63.3 cm³/mol. The van der Waals surface area contributed by atoms with Crippen molar-refractivity contribution < 1.29 is 4.79 Å². The number of fused-ring (bicyclic) bond motifs is 1. The molecule has 0 spiro atoms. The summed E-state index contributed by atoms with van der Waals surface area (Å²) in [7, 11) is 0. The predicted octanol–water partition coefficient (Wildman–Crippen LogP) is 1.10. The summed E-state index contributed by atoms with van der Waals surface area (Å²) in [6.45, 7) is 1.33. The molecule has 5 heteroatoms. The number of carbonyl (C=O) groups excluding carboxylic acids is 1. The molecule has 0 saturated carbocycles. The zero-order valence-electron chi connectivity index (χ0n) is 8.25. The molecule has 80 valence electrons. The van der Waals surface area contributed by atoms with E-state index >= 15 is 0 Å². The van der Waals surface area contributed by atoms with Crippen molar-refractivity contribution in [3.63, 3.8) is 0 Å². The van der Waals surface area contributed by atoms with Crippen LogP contribution in [0, 0.1) is 0 Å². The minimum Gasteiger partial charge on any atom is -0.384 e. The van der Waals surface area contributed by atoms with Gasteiger partial charge in [0, 0.05) is 23.7 Å². The van der Waals surface area contributed by atoms with Crippen LogP contribution in [0.3, 0.4) is 0 Å². The minimum absolute atomic E-state index is 0.0588. The lowest BCUT2D eigenvalue weighted by molar-refractivity contribution is -0.113. The van der Waals surface area contributed by atoms with Crippen LogP contribution in [0.25, 0.3) is 0 Å². The molecule has 1 aromatic carbocycles. The largest absolute Gasteiger partial charge is 0.384 e. The third-order valence-corrected chi connectivity index (χ3v) is 3.16. The quantitative estimate of drug-likeness (QED) is 0.718. The summed E-state index contributed by atoms with van der Waals surface area (Å²) in [6.07, 6.45) is 0. The van der Waals surface area contributed by atoms with E-state index in [2.05, 4.69) is 10.6 Å². The number of amides is 1. The fourth-order valence-corrected chi connectivity index (χ4v) is 2.20. The maximum absolute atomic E-state index is 11.2. The average molecular weight is 223 g/mol. The van der Waals surface area contributed by atoms with Gasteiger partial charge in [-0.1, -0.05) is 0 Å². The second-order valence-corrected chi connectivity index (χ2v) is 4.28. The highest BCUT2D eigenvalue weighted by Gasteiger charge is 2.14. The zero-order chi connectivity index (χ0) is 10.7. The average Bonchev–Trinajstić information content (AvgIpc) is 2.25. The molecule has 0 saturated heterocycles. The number of hydrogen-bond donors (Lipinski definition) is 3. The molecule has 0 atom stereocenters. The zero-order valence-corrected chi connectivity index (χ0v) is 9.06. The third-order valence-electron chi connectivity index (χ3n) is 2.09. The molecule has 2 rings (SSSR count). The SMILES string of the molecule is NCCNc1ccc2c(c1)NC(=O)CS2. The molecule has 1 amide bonds. The normalized spacial score (nSPS) is 14.3. The molecule has 0 aromatic heterocycles. The molecule has 0 bridgehead atoms. The maximum atomic E-state index is 11.2. The summed E-state index contributed by atoms with van der Waals surface area (Å²) < 4.78 is 0. The molecule has 0 aliphatic carbocycles. The molecule has 4 N–H and O–H groups in total. The van der Waals surface area contributed by atoms with Gasteiger partial charge in [-0.25, -0.2) is 0 Å². The van der Waals surface area contributed by atoms with Gasteiger partial charge in [0.15, 0.2) is 0 Å². The Labute approximate surface area is 92.6 Å². The van der Waals surface area contributed by atoms with Crippen molar-refractivity contribution in [3.8, 4) is 0 Å². The lowest BCUT2D eigenvalue weighted by atomic mass is 10.2. The number of carbonyl (C=O) groups is 1. The Kier molecular flexibility index (Phi) is 3.13. The van der Waals surface area contributed by atoms with Crippen molar-refractivity contribution in [1.82, 2.24) is 0 Å². The van der Waals surface area contributed by atoms with Crippen molar-refractivity contribution in [1.29, 1.82) is 0 Å². The first kappa shape index (κ1) is 10.3. The lowest BCUT2D eigenvalue weighted by Gasteiger charge is -2.17. The van der Waals surface area contributed by atoms with E-state index in [4.69, 9.17) is 5.73 Å². The number of nitrogens with one attached hydrogen (secondary N) is 2. The van der Waals surface area contributed by atoms with Crippen molar-refractivity contribution in [2.75, 3.05) is 29.5 Å². The van der Waals surface area contributed by atoms with E-state index in [1.807, 2.05) is 18.2 Å². The van der Waals surface area contributed by atoms with Crippen LogP contribution in [0.4, 0.5) is 11.4 Å². The second-order valence-electron chi connectivity index (χ2n) is 3.26. The minimum atomic E-state index is 0.0588. The number of anilines is 2. The molecule has 1 aliphatic rings.